The van der Waals surface area contributed by atoms with Crippen LogP contribution in [-0.4, -0.2) is 41.1 Å². The SMILES string of the molecule is O=C(c1cc(Br)ccc1O)N1CCCC1C1CCCN1. The summed E-state index contributed by atoms with van der Waals surface area (Å²) in [6.07, 6.45) is 4.42. The number of halogens is 1. The molecule has 20 heavy (non-hydrogen) atoms. The van der Waals surface area contributed by atoms with E-state index >= 15 is 0 Å². The number of likely N-dealkylation sites (tertiary alicyclic amines) is 1. The molecule has 2 atom stereocenters. The Hall–Kier alpha value is -1.07. The molecule has 0 radical (unpaired) electrons. The monoisotopic (exact) mass is 338 g/mol. The molecule has 2 aliphatic rings. The van der Waals surface area contributed by atoms with Gasteiger partial charge in [0, 0.05) is 23.1 Å². The molecule has 1 aromatic rings. The Labute approximate surface area is 127 Å². The third kappa shape index (κ3) is 2.56. The average molecular weight is 339 g/mol. The van der Waals surface area contributed by atoms with Crippen molar-refractivity contribution in [2.24, 2.45) is 0 Å². The summed E-state index contributed by atoms with van der Waals surface area (Å²) in [5.41, 5.74) is 0.393. The normalized spacial score (nSPS) is 26.1. The van der Waals surface area contributed by atoms with Crippen molar-refractivity contribution < 1.29 is 9.90 Å². The summed E-state index contributed by atoms with van der Waals surface area (Å²) < 4.78 is 0.813. The van der Waals surface area contributed by atoms with Gasteiger partial charge in [-0.3, -0.25) is 4.79 Å². The van der Waals surface area contributed by atoms with Crippen molar-refractivity contribution in [1.82, 2.24) is 10.2 Å². The number of amides is 1. The van der Waals surface area contributed by atoms with Gasteiger partial charge in [-0.05, 0) is 50.4 Å². The van der Waals surface area contributed by atoms with Gasteiger partial charge in [-0.2, -0.15) is 0 Å². The summed E-state index contributed by atoms with van der Waals surface area (Å²) in [5.74, 6) is 0.00299. The Morgan fingerprint density at radius 1 is 1.35 bits per heavy atom. The topological polar surface area (TPSA) is 52.6 Å². The number of nitrogens with zero attached hydrogens (tertiary/aromatic N) is 1. The highest BCUT2D eigenvalue weighted by Crippen LogP contribution is 2.29. The van der Waals surface area contributed by atoms with Crippen LogP contribution in [0.15, 0.2) is 22.7 Å². The third-order valence-corrected chi connectivity index (χ3v) is 4.81. The van der Waals surface area contributed by atoms with Gasteiger partial charge in [-0.15, -0.1) is 0 Å². The molecule has 0 spiro atoms. The van der Waals surface area contributed by atoms with Crippen molar-refractivity contribution in [3.05, 3.63) is 28.2 Å². The molecule has 2 fully saturated rings. The van der Waals surface area contributed by atoms with Crippen LogP contribution in [0.2, 0.25) is 0 Å². The number of hydrogen-bond donors (Lipinski definition) is 2. The van der Waals surface area contributed by atoms with Gasteiger partial charge in [-0.1, -0.05) is 15.9 Å². The zero-order valence-electron chi connectivity index (χ0n) is 11.3. The summed E-state index contributed by atoms with van der Waals surface area (Å²) >= 11 is 3.36. The largest absolute Gasteiger partial charge is 0.507 e. The summed E-state index contributed by atoms with van der Waals surface area (Å²) in [6.45, 7) is 1.83. The number of aromatic hydroxyl groups is 1. The molecule has 2 aliphatic heterocycles. The van der Waals surface area contributed by atoms with E-state index in [1.54, 1.807) is 18.2 Å². The fourth-order valence-corrected chi connectivity index (χ4v) is 3.70. The number of rotatable bonds is 2. The molecule has 3 rings (SSSR count). The van der Waals surface area contributed by atoms with Crippen LogP contribution < -0.4 is 5.32 Å². The van der Waals surface area contributed by atoms with Gasteiger partial charge < -0.3 is 15.3 Å². The van der Waals surface area contributed by atoms with Crippen LogP contribution in [0.4, 0.5) is 0 Å². The summed E-state index contributed by atoms with van der Waals surface area (Å²) in [7, 11) is 0. The standard InChI is InChI=1S/C15H19BrN2O2/c16-10-5-6-14(19)11(9-10)15(20)18-8-2-4-13(18)12-3-1-7-17-12/h5-6,9,12-13,17,19H,1-4,7-8H2. The predicted molar refractivity (Wildman–Crippen MR) is 80.9 cm³/mol. The lowest BCUT2D eigenvalue weighted by Crippen LogP contribution is -2.46. The van der Waals surface area contributed by atoms with E-state index in [0.29, 0.717) is 11.6 Å². The number of phenolic OH excluding ortho intramolecular Hbond substituents is 1. The van der Waals surface area contributed by atoms with E-state index < -0.39 is 0 Å². The Kier molecular flexibility index (Phi) is 3.98. The van der Waals surface area contributed by atoms with Crippen LogP contribution in [0.5, 0.6) is 5.75 Å². The van der Waals surface area contributed by atoms with Crippen LogP contribution in [0.25, 0.3) is 0 Å². The molecule has 2 N–H and O–H groups in total. The first-order valence-corrected chi connectivity index (χ1v) is 7.99. The molecule has 108 valence electrons. The van der Waals surface area contributed by atoms with Gasteiger partial charge in [0.05, 0.1) is 5.56 Å². The van der Waals surface area contributed by atoms with Gasteiger partial charge in [0.25, 0.3) is 5.91 Å². The second-order valence-corrected chi connectivity index (χ2v) is 6.49. The molecule has 2 heterocycles. The predicted octanol–water partition coefficient (Wildman–Crippen LogP) is 2.51. The van der Waals surface area contributed by atoms with Gasteiger partial charge >= 0.3 is 0 Å². The minimum atomic E-state index is -0.0556. The van der Waals surface area contributed by atoms with Gasteiger partial charge in [0.2, 0.25) is 0 Å². The van der Waals surface area contributed by atoms with Gasteiger partial charge in [0.1, 0.15) is 5.75 Å². The van der Waals surface area contributed by atoms with Crippen molar-refractivity contribution >= 4 is 21.8 Å². The van der Waals surface area contributed by atoms with E-state index in [4.69, 9.17) is 0 Å². The van der Waals surface area contributed by atoms with Crippen LogP contribution in [0.1, 0.15) is 36.0 Å². The molecular formula is C15H19BrN2O2. The Bertz CT molecular complexity index is 515. The highest BCUT2D eigenvalue weighted by Gasteiger charge is 2.36. The maximum atomic E-state index is 12.7. The maximum absolute atomic E-state index is 12.7. The summed E-state index contributed by atoms with van der Waals surface area (Å²) in [4.78, 5) is 14.6. The van der Waals surface area contributed by atoms with Gasteiger partial charge in [-0.25, -0.2) is 0 Å². The zero-order chi connectivity index (χ0) is 14.1. The first kappa shape index (κ1) is 13.9. The lowest BCUT2D eigenvalue weighted by Gasteiger charge is -2.29. The fourth-order valence-electron chi connectivity index (χ4n) is 3.34. The molecule has 4 nitrogen and oxygen atoms in total. The molecule has 2 unspecified atom stereocenters. The number of hydrogen-bond acceptors (Lipinski definition) is 3. The maximum Gasteiger partial charge on any atom is 0.257 e. The van der Waals surface area contributed by atoms with Crippen molar-refractivity contribution in [2.75, 3.05) is 13.1 Å². The van der Waals surface area contributed by atoms with Crippen LogP contribution in [0, 0.1) is 0 Å². The molecule has 1 amide bonds. The average Bonchev–Trinajstić information content (AvgIpc) is 3.10. The number of carbonyl (C=O) groups excluding carboxylic acids is 1. The van der Waals surface area contributed by atoms with E-state index in [1.807, 2.05) is 4.90 Å². The minimum absolute atomic E-state index is 0.0556. The number of benzene rings is 1. The molecule has 0 saturated carbocycles. The minimum Gasteiger partial charge on any atom is -0.507 e. The van der Waals surface area contributed by atoms with Crippen LogP contribution >= 0.6 is 15.9 Å². The zero-order valence-corrected chi connectivity index (χ0v) is 12.9. The van der Waals surface area contributed by atoms with Crippen molar-refractivity contribution in [2.45, 2.75) is 37.8 Å². The number of carbonyl (C=O) groups is 1. The van der Waals surface area contributed by atoms with Crippen molar-refractivity contribution in [1.29, 1.82) is 0 Å². The molecule has 0 aliphatic carbocycles. The van der Waals surface area contributed by atoms with Crippen molar-refractivity contribution in [3.63, 3.8) is 0 Å². The summed E-state index contributed by atoms with van der Waals surface area (Å²) in [5, 5.41) is 13.4. The first-order valence-electron chi connectivity index (χ1n) is 7.19. The smallest absolute Gasteiger partial charge is 0.257 e. The summed E-state index contributed by atoms with van der Waals surface area (Å²) in [6, 6.07) is 5.69. The quantitative estimate of drug-likeness (QED) is 0.871. The lowest BCUT2D eigenvalue weighted by atomic mass is 10.0. The van der Waals surface area contributed by atoms with Crippen LogP contribution in [-0.2, 0) is 0 Å². The second kappa shape index (κ2) is 5.74. The van der Waals surface area contributed by atoms with E-state index in [2.05, 4.69) is 21.2 Å². The molecule has 1 aromatic carbocycles. The second-order valence-electron chi connectivity index (χ2n) is 5.57. The fraction of sp³-hybridized carbons (Fsp3) is 0.533. The van der Waals surface area contributed by atoms with Crippen molar-refractivity contribution in [3.8, 4) is 5.75 Å². The van der Waals surface area contributed by atoms with E-state index in [0.717, 1.165) is 36.8 Å². The number of nitrogens with one attached hydrogen (secondary N) is 1. The van der Waals surface area contributed by atoms with Gasteiger partial charge in [0.15, 0.2) is 0 Å². The van der Waals surface area contributed by atoms with E-state index in [9.17, 15) is 9.90 Å². The third-order valence-electron chi connectivity index (χ3n) is 4.31. The van der Waals surface area contributed by atoms with E-state index in [-0.39, 0.29) is 17.7 Å². The molecule has 2 saturated heterocycles. The highest BCUT2D eigenvalue weighted by molar-refractivity contribution is 9.10. The van der Waals surface area contributed by atoms with Crippen LogP contribution in [0.3, 0.4) is 0 Å². The molecular weight excluding hydrogens is 320 g/mol. The number of phenols is 1. The Balaban J connectivity index is 1.83. The molecule has 5 heteroatoms. The molecule has 0 bridgehead atoms. The first-order chi connectivity index (χ1) is 9.66. The Morgan fingerprint density at radius 3 is 2.95 bits per heavy atom. The Morgan fingerprint density at radius 2 is 2.20 bits per heavy atom. The van der Waals surface area contributed by atoms with E-state index in [1.165, 1.54) is 6.42 Å². The molecule has 0 aromatic heterocycles. The lowest BCUT2D eigenvalue weighted by molar-refractivity contribution is 0.0708. The highest BCUT2D eigenvalue weighted by atomic mass is 79.9.